The van der Waals surface area contributed by atoms with E-state index in [1.165, 1.54) is 42.7 Å². The molecule has 0 saturated heterocycles. The number of thiazole rings is 1. The van der Waals surface area contributed by atoms with Gasteiger partial charge < -0.3 is 9.30 Å². The molecule has 10 heteroatoms. The number of carbonyl (C=O) groups excluding carboxylic acids is 2. The molecule has 0 N–H and O–H groups in total. The Morgan fingerprint density at radius 1 is 1.17 bits per heavy atom. The third-order valence-electron chi connectivity index (χ3n) is 4.21. The van der Waals surface area contributed by atoms with E-state index in [9.17, 15) is 18.0 Å². The molecule has 0 fully saturated rings. The van der Waals surface area contributed by atoms with E-state index in [2.05, 4.69) is 4.99 Å². The van der Waals surface area contributed by atoms with Gasteiger partial charge in [0.1, 0.15) is 0 Å². The zero-order valence-electron chi connectivity index (χ0n) is 15.6. The molecule has 0 saturated carbocycles. The first kappa shape index (κ1) is 21.2. The average molecular weight is 453 g/mol. The first-order valence-electron chi connectivity index (χ1n) is 8.45. The van der Waals surface area contributed by atoms with Crippen molar-refractivity contribution >= 4 is 54.9 Å². The van der Waals surface area contributed by atoms with Crippen LogP contribution in [0.1, 0.15) is 16.8 Å². The van der Waals surface area contributed by atoms with E-state index < -0.39 is 21.7 Å². The Kier molecular flexibility index (Phi) is 6.21. The van der Waals surface area contributed by atoms with Crippen LogP contribution in [0.2, 0.25) is 5.02 Å². The van der Waals surface area contributed by atoms with Crippen LogP contribution in [0.4, 0.5) is 0 Å². The molecule has 0 atom stereocenters. The maximum Gasteiger partial charge on any atom is 0.337 e. The number of halogens is 1. The monoisotopic (exact) mass is 452 g/mol. The molecule has 3 aromatic rings. The lowest BCUT2D eigenvalue weighted by Crippen LogP contribution is -2.15. The summed E-state index contributed by atoms with van der Waals surface area (Å²) in [6.07, 6.45) is -0.243. The minimum absolute atomic E-state index is 0.109. The zero-order valence-corrected chi connectivity index (χ0v) is 18.0. The summed E-state index contributed by atoms with van der Waals surface area (Å²) < 4.78 is 31.9. The van der Waals surface area contributed by atoms with Crippen LogP contribution >= 0.6 is 22.9 Å². The zero-order chi connectivity index (χ0) is 21.2. The van der Waals surface area contributed by atoms with Crippen LogP contribution in [0.3, 0.4) is 0 Å². The van der Waals surface area contributed by atoms with E-state index in [0.29, 0.717) is 15.4 Å². The lowest BCUT2D eigenvalue weighted by molar-refractivity contribution is -0.117. The molecule has 152 valence electrons. The van der Waals surface area contributed by atoms with Crippen molar-refractivity contribution in [2.24, 2.45) is 12.0 Å². The summed E-state index contributed by atoms with van der Waals surface area (Å²) in [5.41, 5.74) is 1.19. The van der Waals surface area contributed by atoms with Crippen molar-refractivity contribution in [1.29, 1.82) is 0 Å². The van der Waals surface area contributed by atoms with Crippen LogP contribution in [-0.2, 0) is 26.4 Å². The molecule has 0 aliphatic carbocycles. The molecule has 0 unspecified atom stereocenters. The van der Waals surface area contributed by atoms with Gasteiger partial charge in [-0.25, -0.2) is 13.2 Å². The van der Waals surface area contributed by atoms with Gasteiger partial charge in [0, 0.05) is 18.5 Å². The highest BCUT2D eigenvalue weighted by atomic mass is 35.5. The second-order valence-corrected chi connectivity index (χ2v) is 9.70. The predicted molar refractivity (Wildman–Crippen MR) is 111 cm³/mol. The summed E-state index contributed by atoms with van der Waals surface area (Å²) in [5.74, 6) is -1.35. The lowest BCUT2D eigenvalue weighted by Gasteiger charge is -2.02. The largest absolute Gasteiger partial charge is 0.465 e. The first-order chi connectivity index (χ1) is 13.7. The van der Waals surface area contributed by atoms with Gasteiger partial charge in [0.25, 0.3) is 0 Å². The van der Waals surface area contributed by atoms with Crippen molar-refractivity contribution in [2.45, 2.75) is 11.3 Å². The maximum absolute atomic E-state index is 12.4. The Labute approximate surface area is 176 Å². The second kappa shape index (κ2) is 8.48. The van der Waals surface area contributed by atoms with Gasteiger partial charge in [0.2, 0.25) is 5.91 Å². The Balaban J connectivity index is 1.81. The summed E-state index contributed by atoms with van der Waals surface area (Å²) in [4.78, 5) is 28.5. The normalized spacial score (nSPS) is 12.3. The molecule has 0 spiro atoms. The van der Waals surface area contributed by atoms with E-state index >= 15 is 0 Å². The quantitative estimate of drug-likeness (QED) is 0.554. The smallest absolute Gasteiger partial charge is 0.337 e. The van der Waals surface area contributed by atoms with Crippen molar-refractivity contribution in [3.8, 4) is 0 Å². The fourth-order valence-corrected chi connectivity index (χ4v) is 5.06. The summed E-state index contributed by atoms with van der Waals surface area (Å²) >= 11 is 7.00. The number of fused-ring (bicyclic) bond motifs is 1. The SMILES string of the molecule is COC(=O)c1ccc2c(c1)sc(=NC(=O)CCS(=O)(=O)c1ccc(Cl)cc1)n2C. The number of hydrogen-bond donors (Lipinski definition) is 0. The molecule has 1 heterocycles. The third kappa shape index (κ3) is 4.75. The molecule has 7 nitrogen and oxygen atoms in total. The van der Waals surface area contributed by atoms with Crippen LogP contribution in [0.5, 0.6) is 0 Å². The number of esters is 1. The highest BCUT2D eigenvalue weighted by molar-refractivity contribution is 7.91. The second-order valence-electron chi connectivity index (χ2n) is 6.15. The molecule has 0 bridgehead atoms. The molecule has 1 aromatic heterocycles. The van der Waals surface area contributed by atoms with E-state index in [4.69, 9.17) is 16.3 Å². The van der Waals surface area contributed by atoms with Gasteiger partial charge in [-0.1, -0.05) is 22.9 Å². The number of carbonyl (C=O) groups is 2. The average Bonchev–Trinajstić information content (AvgIpc) is 3.01. The Bertz CT molecular complexity index is 1260. The summed E-state index contributed by atoms with van der Waals surface area (Å²) in [5, 5.41) is 0.433. The Morgan fingerprint density at radius 3 is 2.52 bits per heavy atom. The predicted octanol–water partition coefficient (Wildman–Crippen LogP) is 2.97. The van der Waals surface area contributed by atoms with Gasteiger partial charge in [-0.3, -0.25) is 4.79 Å². The molecular weight excluding hydrogens is 436 g/mol. The molecule has 3 rings (SSSR count). The van der Waals surface area contributed by atoms with Crippen LogP contribution in [0, 0.1) is 0 Å². The molecule has 0 radical (unpaired) electrons. The molecule has 1 amide bonds. The van der Waals surface area contributed by atoms with E-state index in [0.717, 1.165) is 10.2 Å². The first-order valence-corrected chi connectivity index (χ1v) is 11.3. The van der Waals surface area contributed by atoms with Gasteiger partial charge in [-0.05, 0) is 42.5 Å². The summed E-state index contributed by atoms with van der Waals surface area (Å²) in [6, 6.07) is 10.8. The van der Waals surface area contributed by atoms with E-state index in [1.807, 2.05) is 0 Å². The topological polar surface area (TPSA) is 94.8 Å². The fourth-order valence-electron chi connectivity index (χ4n) is 2.63. The number of nitrogens with zero attached hydrogens (tertiary/aromatic N) is 2. The van der Waals surface area contributed by atoms with E-state index in [1.54, 1.807) is 29.8 Å². The van der Waals surface area contributed by atoms with Gasteiger partial charge in [0.05, 0.1) is 33.5 Å². The minimum Gasteiger partial charge on any atom is -0.465 e. The summed E-state index contributed by atoms with van der Waals surface area (Å²) in [6.45, 7) is 0. The van der Waals surface area contributed by atoms with Crippen molar-refractivity contribution in [3.63, 3.8) is 0 Å². The van der Waals surface area contributed by atoms with Crippen molar-refractivity contribution < 1.29 is 22.7 Å². The van der Waals surface area contributed by atoms with Gasteiger partial charge in [-0.2, -0.15) is 4.99 Å². The van der Waals surface area contributed by atoms with Crippen LogP contribution in [0.15, 0.2) is 52.4 Å². The molecule has 0 aliphatic heterocycles. The van der Waals surface area contributed by atoms with Crippen molar-refractivity contribution in [3.05, 3.63) is 57.9 Å². The highest BCUT2D eigenvalue weighted by Gasteiger charge is 2.17. The van der Waals surface area contributed by atoms with E-state index in [-0.39, 0.29) is 17.1 Å². The number of methoxy groups -OCH3 is 1. The van der Waals surface area contributed by atoms with Gasteiger partial charge >= 0.3 is 5.97 Å². The fraction of sp³-hybridized carbons (Fsp3) is 0.211. The standard InChI is InChI=1S/C19H17ClN2O5S2/c1-22-15-8-3-12(18(24)27-2)11-16(15)28-19(22)21-17(23)9-10-29(25,26)14-6-4-13(20)5-7-14/h3-8,11H,9-10H2,1-2H3. The highest BCUT2D eigenvalue weighted by Crippen LogP contribution is 2.19. The minimum atomic E-state index is -3.61. The number of aryl methyl sites for hydroxylation is 1. The number of amides is 1. The Hall–Kier alpha value is -2.49. The van der Waals surface area contributed by atoms with Crippen LogP contribution in [-0.4, -0.2) is 37.7 Å². The third-order valence-corrected chi connectivity index (χ3v) is 7.29. The Morgan fingerprint density at radius 2 is 1.86 bits per heavy atom. The van der Waals surface area contributed by atoms with Crippen LogP contribution < -0.4 is 4.80 Å². The number of benzene rings is 2. The van der Waals surface area contributed by atoms with Crippen molar-refractivity contribution in [1.82, 2.24) is 4.57 Å². The number of hydrogen-bond acceptors (Lipinski definition) is 6. The van der Waals surface area contributed by atoms with Gasteiger partial charge in [0.15, 0.2) is 14.6 Å². The number of ether oxygens (including phenoxy) is 1. The molecule has 29 heavy (non-hydrogen) atoms. The molecule has 0 aliphatic rings. The number of aromatic nitrogens is 1. The molecule has 2 aromatic carbocycles. The number of sulfone groups is 1. The van der Waals surface area contributed by atoms with Gasteiger partial charge in [-0.15, -0.1) is 0 Å². The maximum atomic E-state index is 12.4. The summed E-state index contributed by atoms with van der Waals surface area (Å²) in [7, 11) is -0.564. The number of rotatable bonds is 5. The van der Waals surface area contributed by atoms with Crippen molar-refractivity contribution in [2.75, 3.05) is 12.9 Å². The van der Waals surface area contributed by atoms with Crippen LogP contribution in [0.25, 0.3) is 10.2 Å². The molecular formula is C19H17ClN2O5S2. The lowest BCUT2D eigenvalue weighted by atomic mass is 10.2.